The molecule has 1 unspecified atom stereocenters. The first-order valence-electron chi connectivity index (χ1n) is 11.2. The highest BCUT2D eigenvalue weighted by molar-refractivity contribution is 6.30. The molecule has 1 atom stereocenters. The molecule has 3 amide bonds. The van der Waals surface area contributed by atoms with Crippen molar-refractivity contribution >= 4 is 35.3 Å². The summed E-state index contributed by atoms with van der Waals surface area (Å²) < 4.78 is 3.88. The number of likely N-dealkylation sites (tertiary alicyclic amines) is 1. The smallest absolute Gasteiger partial charge is 0.302 e. The van der Waals surface area contributed by atoms with Gasteiger partial charge in [0.05, 0.1) is 0 Å². The van der Waals surface area contributed by atoms with Gasteiger partial charge in [-0.05, 0) is 57.5 Å². The number of rotatable bonds is 4. The molecular formula is C23H28ClN6O2+. The maximum Gasteiger partial charge on any atom is 0.406 e. The minimum absolute atomic E-state index is 0.215. The molecular weight excluding hydrogens is 428 g/mol. The number of hydrogen-bond acceptors (Lipinski definition) is 4. The molecule has 3 aliphatic heterocycles. The summed E-state index contributed by atoms with van der Waals surface area (Å²) in [5, 5.41) is 0.632. The van der Waals surface area contributed by atoms with Gasteiger partial charge in [0.25, 0.3) is 5.91 Å². The Morgan fingerprint density at radius 2 is 1.88 bits per heavy atom. The molecule has 3 aliphatic rings. The van der Waals surface area contributed by atoms with Crippen LogP contribution in [-0.2, 0) is 4.79 Å². The number of piperidine rings is 1. The van der Waals surface area contributed by atoms with Crippen molar-refractivity contribution in [2.24, 2.45) is 4.99 Å². The summed E-state index contributed by atoms with van der Waals surface area (Å²) in [6.45, 7) is 7.17. The zero-order chi connectivity index (χ0) is 22.6. The largest absolute Gasteiger partial charge is 0.406 e. The van der Waals surface area contributed by atoms with Crippen molar-refractivity contribution in [1.29, 1.82) is 0 Å². The highest BCUT2D eigenvalue weighted by Gasteiger charge is 2.53. The van der Waals surface area contributed by atoms with Gasteiger partial charge in [-0.15, -0.1) is 0 Å². The lowest BCUT2D eigenvalue weighted by Crippen LogP contribution is -2.63. The number of aromatic nitrogens is 2. The number of carbonyl (C=O) groups is 2. The van der Waals surface area contributed by atoms with Crippen LogP contribution >= 0.6 is 11.6 Å². The minimum Gasteiger partial charge on any atom is -0.302 e. The quantitative estimate of drug-likeness (QED) is 0.666. The van der Waals surface area contributed by atoms with E-state index in [1.165, 1.54) is 29.1 Å². The molecule has 0 spiro atoms. The third-order valence-corrected chi connectivity index (χ3v) is 6.94. The molecule has 0 N–H and O–H groups in total. The van der Waals surface area contributed by atoms with Crippen molar-refractivity contribution in [3.8, 4) is 5.69 Å². The fourth-order valence-electron chi connectivity index (χ4n) is 4.94. The summed E-state index contributed by atoms with van der Waals surface area (Å²) in [4.78, 5) is 36.5. The van der Waals surface area contributed by atoms with Gasteiger partial charge in [-0.25, -0.2) is 9.36 Å². The Bertz CT molecular complexity index is 1130. The van der Waals surface area contributed by atoms with E-state index in [9.17, 15) is 9.59 Å². The van der Waals surface area contributed by atoms with E-state index in [1.54, 1.807) is 7.05 Å². The highest BCUT2D eigenvalue weighted by atomic mass is 35.5. The molecule has 5 rings (SSSR count). The van der Waals surface area contributed by atoms with Gasteiger partial charge in [-0.3, -0.25) is 14.6 Å². The summed E-state index contributed by atoms with van der Waals surface area (Å²) >= 11 is 6.27. The molecule has 1 aromatic carbocycles. The van der Waals surface area contributed by atoms with Crippen LogP contribution in [0.1, 0.15) is 36.6 Å². The van der Waals surface area contributed by atoms with Crippen molar-refractivity contribution in [2.75, 3.05) is 33.2 Å². The molecule has 0 saturated carbocycles. The van der Waals surface area contributed by atoms with E-state index >= 15 is 0 Å². The van der Waals surface area contributed by atoms with E-state index < -0.39 is 6.04 Å². The molecule has 0 radical (unpaired) electrons. The van der Waals surface area contributed by atoms with Gasteiger partial charge in [0.1, 0.15) is 17.6 Å². The van der Waals surface area contributed by atoms with E-state index in [2.05, 4.69) is 4.90 Å². The number of aliphatic imine (C=N–C) groups is 1. The number of fused-ring (bicyclic) bond motifs is 3. The highest BCUT2D eigenvalue weighted by Crippen LogP contribution is 2.32. The number of amidine groups is 1. The first-order valence-corrected chi connectivity index (χ1v) is 11.5. The number of hydrogen-bond donors (Lipinski definition) is 0. The Labute approximate surface area is 192 Å². The molecule has 2 fully saturated rings. The second-order valence-corrected chi connectivity index (χ2v) is 9.29. The molecule has 0 aliphatic carbocycles. The normalized spacial score (nSPS) is 21.1. The number of benzene rings is 1. The number of aryl methyl sites for hydroxylation is 2. The van der Waals surface area contributed by atoms with Crippen LogP contribution in [0.15, 0.2) is 29.4 Å². The average Bonchev–Trinajstić information content (AvgIpc) is 3.29. The zero-order valence-corrected chi connectivity index (χ0v) is 19.5. The van der Waals surface area contributed by atoms with Crippen molar-refractivity contribution in [3.63, 3.8) is 0 Å². The van der Waals surface area contributed by atoms with Crippen molar-refractivity contribution in [3.05, 3.63) is 40.7 Å². The molecule has 8 nitrogen and oxygen atoms in total. The maximum atomic E-state index is 13.5. The summed E-state index contributed by atoms with van der Waals surface area (Å²) in [6, 6.07) is 4.78. The third kappa shape index (κ3) is 3.33. The van der Waals surface area contributed by atoms with Crippen LogP contribution in [-0.4, -0.2) is 70.3 Å². The topological polar surface area (TPSA) is 65.0 Å². The SMILES string of the molecule is Cc1ccc(Cl)cc1-n1c(C)c[n+]2c1N=C1C2C(=O)N(CCN2CCCCC2)C(=O)N1C. The Balaban J connectivity index is 1.49. The molecule has 0 bridgehead atoms. The summed E-state index contributed by atoms with van der Waals surface area (Å²) in [7, 11) is 1.70. The lowest BCUT2D eigenvalue weighted by atomic mass is 10.1. The number of nitrogens with zero attached hydrogens (tertiary/aromatic N) is 6. The number of imidazole rings is 1. The lowest BCUT2D eigenvalue weighted by molar-refractivity contribution is -0.676. The monoisotopic (exact) mass is 455 g/mol. The Morgan fingerprint density at radius 1 is 1.12 bits per heavy atom. The standard InChI is InChI=1S/C23H28ClN6O2/c1-15-7-8-17(24)13-18(15)30-16(2)14-29-19-20(25-22(29)30)26(3)23(32)28(21(19)31)12-11-27-9-5-4-6-10-27/h7-8,13-14,19H,4-6,9-12H2,1-3H3/q+1. The van der Waals surface area contributed by atoms with Crippen molar-refractivity contribution in [2.45, 2.75) is 39.2 Å². The molecule has 2 saturated heterocycles. The lowest BCUT2D eigenvalue weighted by Gasteiger charge is -2.35. The summed E-state index contributed by atoms with van der Waals surface area (Å²) in [6.07, 6.45) is 5.54. The van der Waals surface area contributed by atoms with Crippen LogP contribution < -0.4 is 4.57 Å². The molecule has 4 heterocycles. The van der Waals surface area contributed by atoms with Crippen LogP contribution in [0.25, 0.3) is 5.69 Å². The predicted octanol–water partition coefficient (Wildman–Crippen LogP) is 3.00. The fraction of sp³-hybridized carbons (Fsp3) is 0.478. The summed E-state index contributed by atoms with van der Waals surface area (Å²) in [5.41, 5.74) is 2.90. The molecule has 2 aromatic rings. The molecule has 32 heavy (non-hydrogen) atoms. The molecule has 9 heteroatoms. The van der Waals surface area contributed by atoms with E-state index in [0.29, 0.717) is 29.9 Å². The molecule has 1 aromatic heterocycles. The van der Waals surface area contributed by atoms with Gasteiger partial charge >= 0.3 is 12.0 Å². The van der Waals surface area contributed by atoms with Crippen LogP contribution in [0.5, 0.6) is 0 Å². The fourth-order valence-corrected chi connectivity index (χ4v) is 5.10. The number of likely N-dealkylation sites (N-methyl/N-ethyl adjacent to an activating group) is 1. The number of carbonyl (C=O) groups excluding carboxylic acids is 2. The van der Waals surface area contributed by atoms with Gasteiger partial charge < -0.3 is 4.90 Å². The number of halogens is 1. The van der Waals surface area contributed by atoms with Crippen molar-refractivity contribution in [1.82, 2.24) is 19.3 Å². The van der Waals surface area contributed by atoms with Crippen LogP contribution in [0, 0.1) is 13.8 Å². The maximum absolute atomic E-state index is 13.5. The Morgan fingerprint density at radius 3 is 2.62 bits per heavy atom. The zero-order valence-electron chi connectivity index (χ0n) is 18.7. The van der Waals surface area contributed by atoms with E-state index in [-0.39, 0.29) is 11.9 Å². The minimum atomic E-state index is -0.631. The number of urea groups is 1. The Hall–Kier alpha value is -2.71. The average molecular weight is 456 g/mol. The Kier molecular flexibility index (Phi) is 5.29. The van der Waals surface area contributed by atoms with E-state index in [0.717, 1.165) is 30.0 Å². The van der Waals surface area contributed by atoms with Gasteiger partial charge in [-0.1, -0.05) is 29.1 Å². The number of imide groups is 1. The van der Waals surface area contributed by atoms with Crippen LogP contribution in [0.2, 0.25) is 5.02 Å². The predicted molar refractivity (Wildman–Crippen MR) is 122 cm³/mol. The molecule has 168 valence electrons. The first kappa shape index (κ1) is 21.2. The van der Waals surface area contributed by atoms with Gasteiger partial charge in [-0.2, -0.15) is 4.57 Å². The van der Waals surface area contributed by atoms with Crippen LogP contribution in [0.3, 0.4) is 0 Å². The van der Waals surface area contributed by atoms with Gasteiger partial charge in [0.2, 0.25) is 11.9 Å². The second kappa shape index (κ2) is 8.01. The second-order valence-electron chi connectivity index (χ2n) is 8.85. The van der Waals surface area contributed by atoms with Gasteiger partial charge in [0, 0.05) is 25.2 Å². The van der Waals surface area contributed by atoms with Gasteiger partial charge in [0.15, 0.2) is 0 Å². The summed E-state index contributed by atoms with van der Waals surface area (Å²) in [5.74, 6) is 0.879. The number of amides is 3. The van der Waals surface area contributed by atoms with Crippen molar-refractivity contribution < 1.29 is 14.2 Å². The third-order valence-electron chi connectivity index (χ3n) is 6.71. The van der Waals surface area contributed by atoms with Crippen LogP contribution in [0.4, 0.5) is 10.7 Å². The van der Waals surface area contributed by atoms with E-state index in [4.69, 9.17) is 16.6 Å². The first-order chi connectivity index (χ1) is 15.4. The van der Waals surface area contributed by atoms with E-state index in [1.807, 2.05) is 47.4 Å².